The first kappa shape index (κ1) is 23.7. The Hall–Kier alpha value is -2.55. The monoisotopic (exact) mass is 416 g/mol. The molecular weight excluding hydrogens is 384 g/mol. The first-order valence-electron chi connectivity index (χ1n) is 10.2. The van der Waals surface area contributed by atoms with E-state index in [4.69, 9.17) is 14.2 Å². The number of carbonyl (C=O) groups is 1. The van der Waals surface area contributed by atoms with Gasteiger partial charge in [-0.2, -0.15) is 0 Å². The van der Waals surface area contributed by atoms with Crippen molar-refractivity contribution in [2.75, 3.05) is 38.4 Å². The summed E-state index contributed by atoms with van der Waals surface area (Å²) in [6.07, 6.45) is 4.85. The second-order valence-electron chi connectivity index (χ2n) is 7.05. The van der Waals surface area contributed by atoms with Crippen LogP contribution in [0.2, 0.25) is 0 Å². The van der Waals surface area contributed by atoms with Gasteiger partial charge in [-0.3, -0.25) is 4.79 Å². The summed E-state index contributed by atoms with van der Waals surface area (Å²) < 4.78 is 18.2. The van der Waals surface area contributed by atoms with E-state index < -0.39 is 0 Å². The minimum Gasteiger partial charge on any atom is -0.379 e. The van der Waals surface area contributed by atoms with Gasteiger partial charge in [-0.25, -0.2) is 4.68 Å². The highest BCUT2D eigenvalue weighted by Gasteiger charge is 2.04. The smallest absolute Gasteiger partial charge is 0.226 e. The van der Waals surface area contributed by atoms with Gasteiger partial charge in [-0.05, 0) is 38.0 Å². The molecular formula is C22H32N4O4. The Morgan fingerprint density at radius 3 is 2.40 bits per heavy atom. The van der Waals surface area contributed by atoms with E-state index in [1.807, 2.05) is 50.4 Å². The number of nitrogens with zero attached hydrogens (tertiary/aromatic N) is 3. The second-order valence-corrected chi connectivity index (χ2v) is 7.05. The van der Waals surface area contributed by atoms with Crippen LogP contribution in [0.1, 0.15) is 37.6 Å². The van der Waals surface area contributed by atoms with Crippen LogP contribution in [0, 0.1) is 0 Å². The lowest BCUT2D eigenvalue weighted by molar-refractivity contribution is -0.117. The largest absolute Gasteiger partial charge is 0.379 e. The van der Waals surface area contributed by atoms with Crippen LogP contribution in [0.4, 0.5) is 5.69 Å². The van der Waals surface area contributed by atoms with E-state index in [9.17, 15) is 4.79 Å². The van der Waals surface area contributed by atoms with Gasteiger partial charge < -0.3 is 19.5 Å². The number of ether oxygens (including phenoxy) is 3. The summed E-state index contributed by atoms with van der Waals surface area (Å²) in [5.41, 5.74) is 2.75. The number of allylic oxidation sites excluding steroid dienone is 1. The molecule has 1 N–H and O–H groups in total. The molecule has 0 aliphatic carbocycles. The third-order valence-electron chi connectivity index (χ3n) is 4.17. The van der Waals surface area contributed by atoms with Crippen LogP contribution in [-0.4, -0.2) is 53.9 Å². The van der Waals surface area contributed by atoms with Crippen LogP contribution in [0.5, 0.6) is 0 Å². The number of hydrogen-bond donors (Lipinski definition) is 1. The molecule has 0 fully saturated rings. The lowest BCUT2D eigenvalue weighted by Crippen LogP contribution is -2.15. The van der Waals surface area contributed by atoms with Crippen molar-refractivity contribution in [3.63, 3.8) is 0 Å². The molecule has 0 saturated carbocycles. The number of benzene rings is 1. The minimum absolute atomic E-state index is 0.0739. The van der Waals surface area contributed by atoms with E-state index in [1.54, 1.807) is 4.68 Å². The predicted molar refractivity (Wildman–Crippen MR) is 115 cm³/mol. The Bertz CT molecular complexity index is 759. The van der Waals surface area contributed by atoms with Gasteiger partial charge in [-0.15, -0.1) is 11.7 Å². The maximum absolute atomic E-state index is 11.9. The lowest BCUT2D eigenvalue weighted by Gasteiger charge is -2.08. The minimum atomic E-state index is -0.0739. The van der Waals surface area contributed by atoms with Crippen molar-refractivity contribution >= 4 is 11.6 Å². The van der Waals surface area contributed by atoms with Gasteiger partial charge >= 0.3 is 0 Å². The van der Waals surface area contributed by atoms with Crippen molar-refractivity contribution in [2.45, 2.75) is 39.3 Å². The second kappa shape index (κ2) is 13.6. The summed E-state index contributed by atoms with van der Waals surface area (Å²) in [4.78, 5) is 11.9. The Morgan fingerprint density at radius 2 is 1.77 bits per heavy atom. The molecule has 164 valence electrons. The molecule has 0 aliphatic rings. The fourth-order valence-corrected chi connectivity index (χ4v) is 2.53. The van der Waals surface area contributed by atoms with Crippen LogP contribution < -0.4 is 5.32 Å². The molecule has 0 atom stereocenters. The van der Waals surface area contributed by atoms with Crippen molar-refractivity contribution in [1.82, 2.24) is 15.0 Å². The van der Waals surface area contributed by atoms with Gasteiger partial charge in [-0.1, -0.05) is 23.4 Å². The summed E-state index contributed by atoms with van der Waals surface area (Å²) in [7, 11) is 0. The molecule has 0 unspecified atom stereocenters. The van der Waals surface area contributed by atoms with E-state index in [1.165, 1.54) is 0 Å². The lowest BCUT2D eigenvalue weighted by atomic mass is 10.1. The molecule has 0 aliphatic heterocycles. The normalized spacial score (nSPS) is 11.0. The van der Waals surface area contributed by atoms with Crippen LogP contribution in [0.25, 0.3) is 0 Å². The molecule has 1 aromatic carbocycles. The molecule has 0 radical (unpaired) electrons. The van der Waals surface area contributed by atoms with Crippen molar-refractivity contribution < 1.29 is 19.0 Å². The number of rotatable bonds is 15. The quantitative estimate of drug-likeness (QED) is 0.354. The number of anilines is 1. The van der Waals surface area contributed by atoms with Crippen LogP contribution >= 0.6 is 0 Å². The average Bonchev–Trinajstić information content (AvgIpc) is 3.20. The number of amides is 1. The average molecular weight is 417 g/mol. The van der Waals surface area contributed by atoms with Crippen LogP contribution in [-0.2, 0) is 32.0 Å². The molecule has 1 amide bonds. The van der Waals surface area contributed by atoms with Crippen molar-refractivity contribution in [3.05, 3.63) is 54.4 Å². The zero-order valence-corrected chi connectivity index (χ0v) is 17.9. The summed E-state index contributed by atoms with van der Waals surface area (Å²) in [5, 5.41) is 10.9. The molecule has 8 heteroatoms. The maximum atomic E-state index is 11.9. The van der Waals surface area contributed by atoms with E-state index >= 15 is 0 Å². The number of nitrogens with one attached hydrogen (secondary N) is 1. The van der Waals surface area contributed by atoms with Crippen LogP contribution in [0.3, 0.4) is 0 Å². The van der Waals surface area contributed by atoms with Gasteiger partial charge in [0.05, 0.1) is 52.3 Å². The first-order valence-corrected chi connectivity index (χ1v) is 10.2. The van der Waals surface area contributed by atoms with Crippen molar-refractivity contribution in [1.29, 1.82) is 0 Å². The number of aromatic nitrogens is 3. The van der Waals surface area contributed by atoms with Crippen molar-refractivity contribution in [2.24, 2.45) is 0 Å². The first-order chi connectivity index (χ1) is 14.6. The summed E-state index contributed by atoms with van der Waals surface area (Å²) in [6, 6.07) is 8.02. The highest BCUT2D eigenvalue weighted by molar-refractivity contribution is 5.90. The SMILES string of the molecule is C=CCc1ccc(NC(=O)CCOCCOCCOCc2cn(C(C)C)nn2)cc1. The highest BCUT2D eigenvalue weighted by Crippen LogP contribution is 2.10. The Labute approximate surface area is 178 Å². The van der Waals surface area contributed by atoms with Crippen molar-refractivity contribution in [3.8, 4) is 0 Å². The van der Waals surface area contributed by atoms with Gasteiger partial charge in [0.2, 0.25) is 5.91 Å². The Balaban J connectivity index is 1.43. The van der Waals surface area contributed by atoms with E-state index in [2.05, 4.69) is 22.2 Å². The fraction of sp³-hybridized carbons (Fsp3) is 0.500. The fourth-order valence-electron chi connectivity index (χ4n) is 2.53. The third kappa shape index (κ3) is 9.30. The summed E-state index contributed by atoms with van der Waals surface area (Å²) in [5.74, 6) is -0.0739. The molecule has 2 aromatic rings. The molecule has 0 spiro atoms. The molecule has 1 heterocycles. The third-order valence-corrected chi connectivity index (χ3v) is 4.17. The molecule has 1 aromatic heterocycles. The van der Waals surface area contributed by atoms with Gasteiger partial charge in [0.25, 0.3) is 0 Å². The predicted octanol–water partition coefficient (Wildman–Crippen LogP) is 3.17. The molecule has 30 heavy (non-hydrogen) atoms. The Kier molecular flexibility index (Phi) is 10.8. The van der Waals surface area contributed by atoms with E-state index in [0.29, 0.717) is 46.1 Å². The highest BCUT2D eigenvalue weighted by atomic mass is 16.5. The van der Waals surface area contributed by atoms with Gasteiger partial charge in [0.1, 0.15) is 5.69 Å². The number of carbonyl (C=O) groups excluding carboxylic acids is 1. The number of hydrogen-bond acceptors (Lipinski definition) is 6. The molecule has 8 nitrogen and oxygen atoms in total. The molecule has 0 bridgehead atoms. The maximum Gasteiger partial charge on any atom is 0.226 e. The Morgan fingerprint density at radius 1 is 1.10 bits per heavy atom. The van der Waals surface area contributed by atoms with Gasteiger partial charge in [0, 0.05) is 11.7 Å². The van der Waals surface area contributed by atoms with Gasteiger partial charge in [0.15, 0.2) is 0 Å². The standard InChI is InChI=1S/C22H32N4O4/c1-4-5-19-6-8-20(9-7-19)23-22(27)10-11-28-12-13-29-14-15-30-17-21-16-26(18(2)3)25-24-21/h4,6-9,16,18H,1,5,10-15,17H2,2-3H3,(H,23,27). The molecule has 0 saturated heterocycles. The molecule has 2 rings (SSSR count). The van der Waals surface area contributed by atoms with E-state index in [-0.39, 0.29) is 11.9 Å². The summed E-state index contributed by atoms with van der Waals surface area (Å²) >= 11 is 0. The van der Waals surface area contributed by atoms with Crippen LogP contribution in [0.15, 0.2) is 43.1 Å². The topological polar surface area (TPSA) is 87.5 Å². The zero-order valence-electron chi connectivity index (χ0n) is 17.9. The zero-order chi connectivity index (χ0) is 21.6. The summed E-state index contributed by atoms with van der Waals surface area (Å²) in [6.45, 7) is 10.4. The van der Waals surface area contributed by atoms with E-state index in [0.717, 1.165) is 23.4 Å².